The fraction of sp³-hybridized carbons (Fsp3) is 0.444. The van der Waals surface area contributed by atoms with E-state index in [9.17, 15) is 0 Å². The molecule has 1 aromatic heterocycles. The van der Waals surface area contributed by atoms with Crippen molar-refractivity contribution in [2.24, 2.45) is 0 Å². The maximum Gasteiger partial charge on any atom is 0.182 e. The summed E-state index contributed by atoms with van der Waals surface area (Å²) in [7, 11) is 0. The van der Waals surface area contributed by atoms with E-state index in [0.717, 1.165) is 12.8 Å². The van der Waals surface area contributed by atoms with Crippen LogP contribution in [0.4, 0.5) is 5.82 Å². The van der Waals surface area contributed by atoms with Crippen molar-refractivity contribution in [3.63, 3.8) is 0 Å². The fourth-order valence-corrected chi connectivity index (χ4v) is 1.24. The molecule has 0 aromatic carbocycles. The summed E-state index contributed by atoms with van der Waals surface area (Å²) in [5, 5.41) is 20.9. The van der Waals surface area contributed by atoms with Crippen molar-refractivity contribution in [1.82, 2.24) is 9.97 Å². The fourth-order valence-electron chi connectivity index (χ4n) is 1.24. The predicted molar refractivity (Wildman–Crippen MR) is 49.4 cm³/mol. The summed E-state index contributed by atoms with van der Waals surface area (Å²) in [6.07, 6.45) is 4.81. The molecule has 2 N–H and O–H groups in total. The van der Waals surface area contributed by atoms with Gasteiger partial charge in [0.05, 0.1) is 12.1 Å². The SMILES string of the molecule is N#Cc1nccnc1NC1(CO)CC1. The number of hydrogen-bond acceptors (Lipinski definition) is 5. The van der Waals surface area contributed by atoms with Crippen LogP contribution in [-0.2, 0) is 0 Å². The van der Waals surface area contributed by atoms with Crippen LogP contribution in [0.5, 0.6) is 0 Å². The summed E-state index contributed by atoms with van der Waals surface area (Å²) < 4.78 is 0. The lowest BCUT2D eigenvalue weighted by molar-refractivity contribution is 0.266. The molecule has 0 radical (unpaired) electrons. The monoisotopic (exact) mass is 190 g/mol. The molecule has 14 heavy (non-hydrogen) atoms. The number of aromatic nitrogens is 2. The summed E-state index contributed by atoms with van der Waals surface area (Å²) in [6.45, 7) is 0.0639. The minimum Gasteiger partial charge on any atom is -0.394 e. The molecule has 0 unspecified atom stereocenters. The Hall–Kier alpha value is -1.67. The maximum atomic E-state index is 9.09. The number of nitrogens with zero attached hydrogens (tertiary/aromatic N) is 3. The van der Waals surface area contributed by atoms with Crippen LogP contribution in [0.15, 0.2) is 12.4 Å². The summed E-state index contributed by atoms with van der Waals surface area (Å²) in [4.78, 5) is 7.89. The van der Waals surface area contributed by atoms with Gasteiger partial charge in [0, 0.05) is 12.4 Å². The average molecular weight is 190 g/mol. The zero-order chi connectivity index (χ0) is 10.0. The third-order valence-electron chi connectivity index (χ3n) is 2.34. The highest BCUT2D eigenvalue weighted by molar-refractivity contribution is 5.50. The minimum absolute atomic E-state index is 0.0639. The van der Waals surface area contributed by atoms with Crippen molar-refractivity contribution in [3.8, 4) is 6.07 Å². The zero-order valence-corrected chi connectivity index (χ0v) is 7.56. The standard InChI is InChI=1S/C9H10N4O/c10-5-7-8(12-4-3-11-7)13-9(6-14)1-2-9/h3-4,14H,1-2,6H2,(H,12,13). The highest BCUT2D eigenvalue weighted by atomic mass is 16.3. The number of aliphatic hydroxyl groups excluding tert-OH is 1. The predicted octanol–water partition coefficient (Wildman–Crippen LogP) is 0.285. The Morgan fingerprint density at radius 3 is 2.79 bits per heavy atom. The number of hydrogen-bond donors (Lipinski definition) is 2. The van der Waals surface area contributed by atoms with Crippen molar-refractivity contribution in [3.05, 3.63) is 18.1 Å². The zero-order valence-electron chi connectivity index (χ0n) is 7.56. The minimum atomic E-state index is -0.262. The second-order valence-corrected chi connectivity index (χ2v) is 3.43. The van der Waals surface area contributed by atoms with Crippen LogP contribution in [0.3, 0.4) is 0 Å². The van der Waals surface area contributed by atoms with Crippen LogP contribution in [-0.4, -0.2) is 27.2 Å². The Morgan fingerprint density at radius 2 is 2.21 bits per heavy atom. The highest BCUT2D eigenvalue weighted by Gasteiger charge is 2.42. The van der Waals surface area contributed by atoms with E-state index in [1.165, 1.54) is 12.4 Å². The second kappa shape index (κ2) is 3.24. The van der Waals surface area contributed by atoms with E-state index in [-0.39, 0.29) is 17.8 Å². The Kier molecular flexibility index (Phi) is 2.06. The molecule has 0 spiro atoms. The highest BCUT2D eigenvalue weighted by Crippen LogP contribution is 2.38. The Balaban J connectivity index is 2.21. The molecule has 0 saturated heterocycles. The van der Waals surface area contributed by atoms with Crippen molar-refractivity contribution in [1.29, 1.82) is 5.26 Å². The first kappa shape index (κ1) is 8.91. The van der Waals surface area contributed by atoms with Crippen molar-refractivity contribution >= 4 is 5.82 Å². The van der Waals surface area contributed by atoms with E-state index in [0.29, 0.717) is 5.82 Å². The Labute approximate surface area is 81.4 Å². The second-order valence-electron chi connectivity index (χ2n) is 3.43. The van der Waals surface area contributed by atoms with Gasteiger partial charge in [-0.05, 0) is 12.8 Å². The molecule has 1 heterocycles. The van der Waals surface area contributed by atoms with Crippen LogP contribution in [0, 0.1) is 11.3 Å². The number of nitriles is 1. The van der Waals surface area contributed by atoms with Gasteiger partial charge in [0.15, 0.2) is 11.5 Å². The van der Waals surface area contributed by atoms with Crippen molar-refractivity contribution in [2.45, 2.75) is 18.4 Å². The molecular formula is C9H10N4O. The van der Waals surface area contributed by atoms with Gasteiger partial charge < -0.3 is 10.4 Å². The number of anilines is 1. The summed E-state index contributed by atoms with van der Waals surface area (Å²) in [5.41, 5.74) is 0.00831. The first-order chi connectivity index (χ1) is 6.79. The molecule has 2 rings (SSSR count). The average Bonchev–Trinajstić information content (AvgIpc) is 2.99. The lowest BCUT2D eigenvalue weighted by Crippen LogP contribution is -2.26. The molecule has 0 bridgehead atoms. The van der Waals surface area contributed by atoms with Gasteiger partial charge in [-0.3, -0.25) is 0 Å². The molecule has 0 amide bonds. The number of rotatable bonds is 3. The van der Waals surface area contributed by atoms with Crippen LogP contribution < -0.4 is 5.32 Å². The van der Waals surface area contributed by atoms with Crippen molar-refractivity contribution in [2.75, 3.05) is 11.9 Å². The quantitative estimate of drug-likeness (QED) is 0.715. The van der Waals surface area contributed by atoms with Crippen LogP contribution in [0.25, 0.3) is 0 Å². The van der Waals surface area contributed by atoms with Crippen LogP contribution >= 0.6 is 0 Å². The molecule has 0 aliphatic heterocycles. The first-order valence-corrected chi connectivity index (χ1v) is 4.40. The van der Waals surface area contributed by atoms with Crippen LogP contribution in [0.2, 0.25) is 0 Å². The summed E-state index contributed by atoms with van der Waals surface area (Å²) in [5.74, 6) is 0.460. The van der Waals surface area contributed by atoms with Gasteiger partial charge in [0.2, 0.25) is 0 Å². The summed E-state index contributed by atoms with van der Waals surface area (Å²) in [6, 6.07) is 1.95. The molecule has 1 aliphatic rings. The van der Waals surface area contributed by atoms with Gasteiger partial charge >= 0.3 is 0 Å². The molecular weight excluding hydrogens is 180 g/mol. The largest absolute Gasteiger partial charge is 0.394 e. The van der Waals surface area contributed by atoms with Gasteiger partial charge in [0.1, 0.15) is 6.07 Å². The third kappa shape index (κ3) is 1.52. The molecule has 0 atom stereocenters. The maximum absolute atomic E-state index is 9.09. The van der Waals surface area contributed by atoms with E-state index >= 15 is 0 Å². The van der Waals surface area contributed by atoms with Gasteiger partial charge in [-0.25, -0.2) is 9.97 Å². The molecule has 1 fully saturated rings. The molecule has 5 heteroatoms. The molecule has 1 aromatic rings. The summed E-state index contributed by atoms with van der Waals surface area (Å²) >= 11 is 0. The van der Waals surface area contributed by atoms with E-state index in [1.54, 1.807) is 0 Å². The normalized spacial score (nSPS) is 17.1. The van der Waals surface area contributed by atoms with E-state index in [2.05, 4.69) is 15.3 Å². The van der Waals surface area contributed by atoms with Gasteiger partial charge in [-0.15, -0.1) is 0 Å². The topological polar surface area (TPSA) is 81.8 Å². The molecule has 1 aliphatic carbocycles. The smallest absolute Gasteiger partial charge is 0.182 e. The van der Waals surface area contributed by atoms with Gasteiger partial charge in [-0.2, -0.15) is 5.26 Å². The van der Waals surface area contributed by atoms with E-state index in [1.807, 2.05) is 6.07 Å². The Morgan fingerprint density at radius 1 is 1.50 bits per heavy atom. The third-order valence-corrected chi connectivity index (χ3v) is 2.34. The molecule has 72 valence electrons. The van der Waals surface area contributed by atoms with Crippen molar-refractivity contribution < 1.29 is 5.11 Å². The van der Waals surface area contributed by atoms with Gasteiger partial charge in [0.25, 0.3) is 0 Å². The number of nitrogens with one attached hydrogen (secondary N) is 1. The Bertz CT molecular complexity index is 381. The first-order valence-electron chi connectivity index (χ1n) is 4.40. The lowest BCUT2D eigenvalue weighted by atomic mass is 10.3. The van der Waals surface area contributed by atoms with Gasteiger partial charge in [-0.1, -0.05) is 0 Å². The molecule has 5 nitrogen and oxygen atoms in total. The van der Waals surface area contributed by atoms with E-state index < -0.39 is 0 Å². The lowest BCUT2D eigenvalue weighted by Gasteiger charge is -2.14. The van der Waals surface area contributed by atoms with Crippen LogP contribution in [0.1, 0.15) is 18.5 Å². The number of aliphatic hydroxyl groups is 1. The van der Waals surface area contributed by atoms with E-state index in [4.69, 9.17) is 10.4 Å². The molecule has 1 saturated carbocycles.